The maximum Gasteiger partial charge on any atom is 0.225 e. The van der Waals surface area contributed by atoms with Crippen molar-refractivity contribution >= 4 is 23.2 Å². The second-order valence-corrected chi connectivity index (χ2v) is 6.35. The second kappa shape index (κ2) is 7.94. The summed E-state index contributed by atoms with van der Waals surface area (Å²) in [5.74, 6) is -0.106. The quantitative estimate of drug-likeness (QED) is 0.881. The third kappa shape index (κ3) is 4.90. The average Bonchev–Trinajstić information content (AvgIpc) is 2.61. The first-order valence-electron chi connectivity index (χ1n) is 8.57. The SMILES string of the molecule is CC(=O)Nc1ccc(NC(=O)CCN2CCc3ccccc3C2)cc1. The molecule has 1 heterocycles. The topological polar surface area (TPSA) is 61.4 Å². The van der Waals surface area contributed by atoms with Gasteiger partial charge in [0.15, 0.2) is 0 Å². The Bertz CT molecular complexity index is 756. The summed E-state index contributed by atoms with van der Waals surface area (Å²) < 4.78 is 0. The van der Waals surface area contributed by atoms with E-state index in [9.17, 15) is 9.59 Å². The highest BCUT2D eigenvalue weighted by Crippen LogP contribution is 2.19. The number of hydrogen-bond acceptors (Lipinski definition) is 3. The van der Waals surface area contributed by atoms with E-state index in [-0.39, 0.29) is 11.8 Å². The second-order valence-electron chi connectivity index (χ2n) is 6.35. The van der Waals surface area contributed by atoms with Crippen LogP contribution >= 0.6 is 0 Å². The lowest BCUT2D eigenvalue weighted by atomic mass is 10.00. The molecule has 0 spiro atoms. The molecule has 0 fully saturated rings. The van der Waals surface area contributed by atoms with Gasteiger partial charge in [-0.15, -0.1) is 0 Å². The van der Waals surface area contributed by atoms with E-state index in [2.05, 4.69) is 39.8 Å². The molecule has 0 aromatic heterocycles. The molecule has 25 heavy (non-hydrogen) atoms. The van der Waals surface area contributed by atoms with Crippen molar-refractivity contribution in [2.75, 3.05) is 23.7 Å². The summed E-state index contributed by atoms with van der Waals surface area (Å²) in [6, 6.07) is 15.6. The van der Waals surface area contributed by atoms with Gasteiger partial charge in [-0.2, -0.15) is 0 Å². The van der Waals surface area contributed by atoms with Crippen LogP contribution in [0.3, 0.4) is 0 Å². The molecule has 130 valence electrons. The highest BCUT2D eigenvalue weighted by molar-refractivity contribution is 5.92. The van der Waals surface area contributed by atoms with Crippen molar-refractivity contribution in [2.24, 2.45) is 0 Å². The molecule has 0 unspecified atom stereocenters. The maximum atomic E-state index is 12.2. The van der Waals surface area contributed by atoms with Gasteiger partial charge in [-0.3, -0.25) is 14.5 Å². The van der Waals surface area contributed by atoms with E-state index in [1.807, 2.05) is 0 Å². The Labute approximate surface area is 148 Å². The molecule has 5 heteroatoms. The fraction of sp³-hybridized carbons (Fsp3) is 0.300. The lowest BCUT2D eigenvalue weighted by Crippen LogP contribution is -2.33. The monoisotopic (exact) mass is 337 g/mol. The van der Waals surface area contributed by atoms with Crippen LogP contribution in [0.2, 0.25) is 0 Å². The van der Waals surface area contributed by atoms with Crippen LogP contribution in [0.5, 0.6) is 0 Å². The maximum absolute atomic E-state index is 12.2. The number of benzene rings is 2. The first-order chi connectivity index (χ1) is 12.1. The minimum Gasteiger partial charge on any atom is -0.326 e. The van der Waals surface area contributed by atoms with Gasteiger partial charge in [-0.25, -0.2) is 0 Å². The molecule has 0 saturated carbocycles. The van der Waals surface area contributed by atoms with Crippen molar-refractivity contribution < 1.29 is 9.59 Å². The summed E-state index contributed by atoms with van der Waals surface area (Å²) in [7, 11) is 0. The fourth-order valence-electron chi connectivity index (χ4n) is 3.07. The normalized spacial score (nSPS) is 13.8. The highest BCUT2D eigenvalue weighted by Gasteiger charge is 2.16. The smallest absolute Gasteiger partial charge is 0.225 e. The number of carbonyl (C=O) groups is 2. The lowest BCUT2D eigenvalue weighted by Gasteiger charge is -2.28. The molecule has 3 rings (SSSR count). The van der Waals surface area contributed by atoms with Crippen LogP contribution in [-0.2, 0) is 22.6 Å². The van der Waals surface area contributed by atoms with Gasteiger partial charge in [-0.05, 0) is 41.8 Å². The van der Waals surface area contributed by atoms with Crippen molar-refractivity contribution in [3.63, 3.8) is 0 Å². The van der Waals surface area contributed by atoms with Crippen LogP contribution in [0.25, 0.3) is 0 Å². The standard InChI is InChI=1S/C20H23N3O2/c1-15(24)21-18-6-8-19(9-7-18)22-20(25)11-13-23-12-10-16-4-2-3-5-17(16)14-23/h2-9H,10-14H2,1H3,(H,21,24)(H,22,25). The van der Waals surface area contributed by atoms with Gasteiger partial charge in [0.25, 0.3) is 0 Å². The number of rotatable bonds is 5. The van der Waals surface area contributed by atoms with E-state index in [0.29, 0.717) is 6.42 Å². The van der Waals surface area contributed by atoms with Crippen LogP contribution in [0.1, 0.15) is 24.5 Å². The molecule has 1 aliphatic heterocycles. The number of fused-ring (bicyclic) bond motifs is 1. The van der Waals surface area contributed by atoms with Gasteiger partial charge in [0.2, 0.25) is 11.8 Å². The van der Waals surface area contributed by atoms with E-state index >= 15 is 0 Å². The van der Waals surface area contributed by atoms with Gasteiger partial charge in [0, 0.05) is 44.4 Å². The zero-order valence-corrected chi connectivity index (χ0v) is 14.4. The average molecular weight is 337 g/mol. The molecule has 2 N–H and O–H groups in total. The van der Waals surface area contributed by atoms with Crippen LogP contribution in [0.15, 0.2) is 48.5 Å². The molecule has 1 aliphatic rings. The molecule has 2 amide bonds. The Morgan fingerprint density at radius 3 is 2.28 bits per heavy atom. The zero-order chi connectivity index (χ0) is 17.6. The third-order valence-electron chi connectivity index (χ3n) is 4.35. The molecule has 0 saturated heterocycles. The van der Waals surface area contributed by atoms with Crippen molar-refractivity contribution in [1.82, 2.24) is 4.90 Å². The minimum atomic E-state index is -0.111. The molecule has 0 atom stereocenters. The summed E-state index contributed by atoms with van der Waals surface area (Å²) in [6.07, 6.45) is 1.51. The first-order valence-corrected chi connectivity index (χ1v) is 8.57. The number of hydrogen-bond donors (Lipinski definition) is 2. The van der Waals surface area contributed by atoms with E-state index in [0.717, 1.165) is 37.4 Å². The van der Waals surface area contributed by atoms with Gasteiger partial charge in [0.1, 0.15) is 0 Å². The minimum absolute atomic E-state index is 0.00568. The van der Waals surface area contributed by atoms with E-state index in [1.165, 1.54) is 18.1 Å². The Morgan fingerprint density at radius 1 is 0.960 bits per heavy atom. The number of carbonyl (C=O) groups excluding carboxylic acids is 2. The summed E-state index contributed by atoms with van der Waals surface area (Å²) in [4.78, 5) is 25.5. The molecule has 5 nitrogen and oxygen atoms in total. The first kappa shape index (κ1) is 17.2. The number of amides is 2. The summed E-state index contributed by atoms with van der Waals surface area (Å²) in [6.45, 7) is 4.13. The molecule has 0 radical (unpaired) electrons. The summed E-state index contributed by atoms with van der Waals surface area (Å²) in [5.41, 5.74) is 4.24. The number of nitrogens with zero attached hydrogens (tertiary/aromatic N) is 1. The summed E-state index contributed by atoms with van der Waals surface area (Å²) >= 11 is 0. The molecule has 0 aliphatic carbocycles. The van der Waals surface area contributed by atoms with Crippen molar-refractivity contribution in [3.05, 3.63) is 59.7 Å². The molecular weight excluding hydrogens is 314 g/mol. The van der Waals surface area contributed by atoms with Crippen molar-refractivity contribution in [2.45, 2.75) is 26.3 Å². The van der Waals surface area contributed by atoms with Gasteiger partial charge < -0.3 is 10.6 Å². The number of nitrogens with one attached hydrogen (secondary N) is 2. The third-order valence-corrected chi connectivity index (χ3v) is 4.35. The number of anilines is 2. The molecular formula is C20H23N3O2. The Hall–Kier alpha value is -2.66. The predicted molar refractivity (Wildman–Crippen MR) is 99.4 cm³/mol. The van der Waals surface area contributed by atoms with Crippen LogP contribution in [-0.4, -0.2) is 29.8 Å². The van der Waals surface area contributed by atoms with Gasteiger partial charge in [-0.1, -0.05) is 24.3 Å². The van der Waals surface area contributed by atoms with Crippen molar-refractivity contribution in [3.8, 4) is 0 Å². The Morgan fingerprint density at radius 2 is 1.60 bits per heavy atom. The van der Waals surface area contributed by atoms with E-state index in [1.54, 1.807) is 24.3 Å². The fourth-order valence-corrected chi connectivity index (χ4v) is 3.07. The Kier molecular flexibility index (Phi) is 5.46. The van der Waals surface area contributed by atoms with Gasteiger partial charge >= 0.3 is 0 Å². The van der Waals surface area contributed by atoms with Crippen LogP contribution in [0.4, 0.5) is 11.4 Å². The molecule has 2 aromatic carbocycles. The Balaban J connectivity index is 1.46. The van der Waals surface area contributed by atoms with Crippen LogP contribution in [0, 0.1) is 0 Å². The molecule has 0 bridgehead atoms. The largest absolute Gasteiger partial charge is 0.326 e. The zero-order valence-electron chi connectivity index (χ0n) is 14.4. The van der Waals surface area contributed by atoms with Gasteiger partial charge in [0.05, 0.1) is 0 Å². The van der Waals surface area contributed by atoms with Crippen LogP contribution < -0.4 is 10.6 Å². The van der Waals surface area contributed by atoms with E-state index in [4.69, 9.17) is 0 Å². The highest BCUT2D eigenvalue weighted by atomic mass is 16.2. The lowest BCUT2D eigenvalue weighted by molar-refractivity contribution is -0.116. The molecule has 2 aromatic rings. The van der Waals surface area contributed by atoms with E-state index < -0.39 is 0 Å². The summed E-state index contributed by atoms with van der Waals surface area (Å²) in [5, 5.41) is 5.61. The van der Waals surface area contributed by atoms with Crippen molar-refractivity contribution in [1.29, 1.82) is 0 Å². The predicted octanol–water partition coefficient (Wildman–Crippen LogP) is 3.03.